The number of carbonyl (C=O) groups is 1. The van der Waals surface area contributed by atoms with Crippen LogP contribution in [-0.4, -0.2) is 55.5 Å². The molecule has 0 aliphatic rings. The summed E-state index contributed by atoms with van der Waals surface area (Å²) in [5, 5.41) is 15.1. The number of halogens is 1. The van der Waals surface area contributed by atoms with Gasteiger partial charge in [0, 0.05) is 19.1 Å². The first-order chi connectivity index (χ1) is 18.5. The highest BCUT2D eigenvalue weighted by molar-refractivity contribution is 7.89. The van der Waals surface area contributed by atoms with Crippen molar-refractivity contribution in [3.8, 4) is 0 Å². The van der Waals surface area contributed by atoms with Gasteiger partial charge < -0.3 is 21.9 Å². The fourth-order valence-corrected chi connectivity index (χ4v) is 6.32. The van der Waals surface area contributed by atoms with E-state index in [0.717, 1.165) is 22.4 Å². The number of anilines is 1. The van der Waals surface area contributed by atoms with E-state index in [2.05, 4.69) is 5.32 Å². The third-order valence-electron chi connectivity index (χ3n) is 6.61. The second kappa shape index (κ2) is 13.8. The zero-order valence-corrected chi connectivity index (χ0v) is 23.3. The van der Waals surface area contributed by atoms with E-state index < -0.39 is 27.9 Å². The van der Waals surface area contributed by atoms with E-state index in [9.17, 15) is 22.7 Å². The lowest BCUT2D eigenvalue weighted by Crippen LogP contribution is -2.44. The highest BCUT2D eigenvalue weighted by atomic mass is 32.2. The molecule has 8 nitrogen and oxygen atoms in total. The minimum Gasteiger partial charge on any atom is -0.396 e. The Labute approximate surface area is 230 Å². The number of carbonyl (C=O) groups excluding carboxylic acids is 1. The van der Waals surface area contributed by atoms with Crippen molar-refractivity contribution in [3.05, 3.63) is 72.0 Å². The van der Waals surface area contributed by atoms with Crippen LogP contribution in [0.25, 0.3) is 10.8 Å². The summed E-state index contributed by atoms with van der Waals surface area (Å²) in [4.78, 5) is 12.3. The number of unbranched alkanes of at least 4 members (excludes halogenated alkanes) is 1. The van der Waals surface area contributed by atoms with Crippen molar-refractivity contribution in [3.63, 3.8) is 0 Å². The Hall–Kier alpha value is -3.05. The Kier molecular flexibility index (Phi) is 10.8. The molecule has 3 aromatic carbocycles. The van der Waals surface area contributed by atoms with Crippen molar-refractivity contribution < 1.29 is 22.7 Å². The maximum atomic E-state index is 14.0. The molecule has 3 aromatic rings. The van der Waals surface area contributed by atoms with Crippen LogP contribution < -0.4 is 16.8 Å². The second-order valence-electron chi connectivity index (χ2n) is 10.3. The van der Waals surface area contributed by atoms with Crippen LogP contribution in [0.5, 0.6) is 0 Å². The molecule has 212 valence electrons. The van der Waals surface area contributed by atoms with Crippen LogP contribution in [0.2, 0.25) is 0 Å². The number of hydrogen-bond donors (Lipinski definition) is 4. The van der Waals surface area contributed by atoms with Crippen LogP contribution in [-0.2, 0) is 21.2 Å². The van der Waals surface area contributed by atoms with E-state index in [1.807, 2.05) is 56.3 Å². The van der Waals surface area contributed by atoms with Gasteiger partial charge in [0.1, 0.15) is 5.82 Å². The number of fused-ring (bicyclic) bond motifs is 1. The smallest absolute Gasteiger partial charge is 0.243 e. The van der Waals surface area contributed by atoms with Crippen LogP contribution in [0.15, 0.2) is 65.6 Å². The lowest BCUT2D eigenvalue weighted by Gasteiger charge is -2.31. The van der Waals surface area contributed by atoms with Gasteiger partial charge in [0.25, 0.3) is 0 Å². The summed E-state index contributed by atoms with van der Waals surface area (Å²) in [5.74, 6) is -1.08. The number of hydrogen-bond acceptors (Lipinski definition) is 6. The first-order valence-electron chi connectivity index (χ1n) is 13.2. The molecule has 0 aliphatic heterocycles. The molecule has 0 saturated heterocycles. The number of aliphatic hydroxyl groups is 1. The Morgan fingerprint density at radius 1 is 1.05 bits per heavy atom. The largest absolute Gasteiger partial charge is 0.396 e. The van der Waals surface area contributed by atoms with Gasteiger partial charge in [0.05, 0.1) is 23.2 Å². The Bertz CT molecular complexity index is 1370. The molecule has 2 unspecified atom stereocenters. The van der Waals surface area contributed by atoms with Crippen molar-refractivity contribution in [1.82, 2.24) is 9.62 Å². The molecule has 39 heavy (non-hydrogen) atoms. The molecule has 0 fully saturated rings. The Morgan fingerprint density at radius 3 is 2.44 bits per heavy atom. The molecule has 0 aliphatic carbocycles. The Balaban J connectivity index is 1.53. The molecule has 2 atom stereocenters. The first kappa shape index (κ1) is 30.5. The standard InChI is InChI=1S/C29H39FN4O4S/c1-20(2)18-34(39(37,38)25-12-13-27(31)26(30)17-25)24(19-35)9-5-6-14-33-29(36)28(32)16-21-10-11-22-7-3-4-8-23(22)15-21/h3-4,7-8,10-13,15,17,20,24,28,35H,5-6,9,14,16,18-19,31-32H2,1-2H3,(H,33,36). The minimum atomic E-state index is -4.07. The summed E-state index contributed by atoms with van der Waals surface area (Å²) < 4.78 is 41.9. The summed E-state index contributed by atoms with van der Waals surface area (Å²) in [6.45, 7) is 3.91. The molecular weight excluding hydrogens is 519 g/mol. The van der Waals surface area contributed by atoms with Gasteiger partial charge in [-0.15, -0.1) is 0 Å². The predicted octanol–water partition coefficient (Wildman–Crippen LogP) is 3.43. The first-order valence-corrected chi connectivity index (χ1v) is 14.7. The fourth-order valence-electron chi connectivity index (χ4n) is 4.49. The lowest BCUT2D eigenvalue weighted by atomic mass is 10.0. The quantitative estimate of drug-likeness (QED) is 0.177. The van der Waals surface area contributed by atoms with E-state index in [4.69, 9.17) is 11.5 Å². The zero-order chi connectivity index (χ0) is 28.6. The predicted molar refractivity (Wildman–Crippen MR) is 153 cm³/mol. The van der Waals surface area contributed by atoms with Gasteiger partial charge in [-0.2, -0.15) is 4.31 Å². The molecule has 0 heterocycles. The molecule has 6 N–H and O–H groups in total. The van der Waals surface area contributed by atoms with Gasteiger partial charge in [-0.3, -0.25) is 4.79 Å². The molecule has 10 heteroatoms. The van der Waals surface area contributed by atoms with Crippen molar-refractivity contribution in [1.29, 1.82) is 0 Å². The number of nitrogens with one attached hydrogen (secondary N) is 1. The number of benzene rings is 3. The number of amides is 1. The van der Waals surface area contributed by atoms with E-state index in [1.165, 1.54) is 16.4 Å². The average molecular weight is 559 g/mol. The summed E-state index contributed by atoms with van der Waals surface area (Å²) in [6, 6.07) is 16.0. The number of nitrogens with two attached hydrogens (primary N) is 2. The summed E-state index contributed by atoms with van der Waals surface area (Å²) in [6.07, 6.45) is 1.93. The van der Waals surface area contributed by atoms with Crippen LogP contribution in [0, 0.1) is 11.7 Å². The number of sulfonamides is 1. The molecule has 0 saturated carbocycles. The highest BCUT2D eigenvalue weighted by Crippen LogP contribution is 2.25. The van der Waals surface area contributed by atoms with Crippen LogP contribution in [0.4, 0.5) is 10.1 Å². The van der Waals surface area contributed by atoms with Crippen LogP contribution >= 0.6 is 0 Å². The van der Waals surface area contributed by atoms with Gasteiger partial charge in [-0.1, -0.05) is 62.7 Å². The zero-order valence-electron chi connectivity index (χ0n) is 22.5. The SMILES string of the molecule is CC(C)CN(C(CO)CCCCNC(=O)C(N)Cc1ccc2ccccc2c1)S(=O)(=O)c1ccc(N)c(F)c1. The molecule has 0 spiro atoms. The topological polar surface area (TPSA) is 139 Å². The lowest BCUT2D eigenvalue weighted by molar-refractivity contribution is -0.122. The molecular formula is C29H39FN4O4S. The number of rotatable bonds is 14. The van der Waals surface area contributed by atoms with Crippen molar-refractivity contribution in [2.45, 2.75) is 56.5 Å². The van der Waals surface area contributed by atoms with E-state index in [0.29, 0.717) is 32.2 Å². The van der Waals surface area contributed by atoms with Gasteiger partial charge in [0.2, 0.25) is 15.9 Å². The molecule has 0 aromatic heterocycles. The molecule has 0 radical (unpaired) electrons. The highest BCUT2D eigenvalue weighted by Gasteiger charge is 2.32. The van der Waals surface area contributed by atoms with Gasteiger partial charge in [-0.05, 0) is 59.7 Å². The van der Waals surface area contributed by atoms with Crippen molar-refractivity contribution in [2.75, 3.05) is 25.4 Å². The number of nitrogens with zero attached hydrogens (tertiary/aromatic N) is 1. The second-order valence-corrected chi connectivity index (χ2v) is 12.2. The maximum absolute atomic E-state index is 14.0. The van der Waals surface area contributed by atoms with Gasteiger partial charge in [-0.25, -0.2) is 12.8 Å². The summed E-state index contributed by atoms with van der Waals surface area (Å²) >= 11 is 0. The monoisotopic (exact) mass is 558 g/mol. The van der Waals surface area contributed by atoms with Gasteiger partial charge in [0.15, 0.2) is 0 Å². The normalized spacial score (nSPS) is 13.6. The van der Waals surface area contributed by atoms with Gasteiger partial charge >= 0.3 is 0 Å². The average Bonchev–Trinajstić information content (AvgIpc) is 2.90. The molecule has 1 amide bonds. The van der Waals surface area contributed by atoms with Crippen LogP contribution in [0.1, 0.15) is 38.7 Å². The number of aliphatic hydroxyl groups excluding tert-OH is 1. The third kappa shape index (κ3) is 8.22. The molecule has 0 bridgehead atoms. The Morgan fingerprint density at radius 2 is 1.77 bits per heavy atom. The fraction of sp³-hybridized carbons (Fsp3) is 0.414. The van der Waals surface area contributed by atoms with Crippen molar-refractivity contribution in [2.24, 2.45) is 11.7 Å². The van der Waals surface area contributed by atoms with E-state index >= 15 is 0 Å². The van der Waals surface area contributed by atoms with E-state index in [1.54, 1.807) is 0 Å². The third-order valence-corrected chi connectivity index (χ3v) is 8.53. The van der Waals surface area contributed by atoms with E-state index in [-0.39, 0.29) is 35.6 Å². The maximum Gasteiger partial charge on any atom is 0.243 e. The molecule has 3 rings (SSSR count). The minimum absolute atomic E-state index is 0.0177. The summed E-state index contributed by atoms with van der Waals surface area (Å²) in [5.41, 5.74) is 12.5. The van der Waals surface area contributed by atoms with Crippen LogP contribution in [0.3, 0.4) is 0 Å². The number of nitrogen functional groups attached to an aromatic ring is 1. The van der Waals surface area contributed by atoms with Crippen molar-refractivity contribution >= 4 is 32.4 Å². The summed E-state index contributed by atoms with van der Waals surface area (Å²) in [7, 11) is -4.07.